The average Bonchev–Trinajstić information content (AvgIpc) is 2.34. The molecule has 0 atom stereocenters. The third-order valence-electron chi connectivity index (χ3n) is 2.04. The monoisotopic (exact) mass is 286 g/mol. The van der Waals surface area contributed by atoms with Gasteiger partial charge in [0, 0.05) is 12.3 Å². The van der Waals surface area contributed by atoms with Gasteiger partial charge in [-0.15, -0.1) is 0 Å². The van der Waals surface area contributed by atoms with Crippen LogP contribution in [0.2, 0.25) is 5.02 Å². The molecule has 3 nitrogen and oxygen atoms in total. The minimum Gasteiger partial charge on any atom is -0.491 e. The molecule has 0 unspecified atom stereocenters. The van der Waals surface area contributed by atoms with Crippen LogP contribution in [0.1, 0.15) is 13.8 Å². The van der Waals surface area contributed by atoms with Crippen LogP contribution in [-0.2, 0) is 0 Å². The first-order valence-electron chi connectivity index (χ1n) is 5.89. The van der Waals surface area contributed by atoms with Crippen molar-refractivity contribution in [3.8, 4) is 5.75 Å². The second-order valence-electron chi connectivity index (χ2n) is 4.20. The van der Waals surface area contributed by atoms with Gasteiger partial charge in [-0.25, -0.2) is 0 Å². The zero-order valence-electron chi connectivity index (χ0n) is 10.7. The molecule has 0 aromatic heterocycles. The Bertz CT molecular complexity index is 396. The molecule has 0 bridgehead atoms. The van der Waals surface area contributed by atoms with Crippen LogP contribution < -0.4 is 10.5 Å². The van der Waals surface area contributed by atoms with Gasteiger partial charge in [-0.1, -0.05) is 49.3 Å². The molecular formula is C13H19ClN2OS. The van der Waals surface area contributed by atoms with E-state index < -0.39 is 0 Å². The van der Waals surface area contributed by atoms with Crippen LogP contribution in [0, 0.1) is 5.92 Å². The number of nitrogens with zero attached hydrogens (tertiary/aromatic N) is 1. The van der Waals surface area contributed by atoms with Crippen molar-refractivity contribution >= 4 is 28.5 Å². The number of nitrogens with two attached hydrogens (primary N) is 1. The van der Waals surface area contributed by atoms with Crippen LogP contribution in [0.25, 0.3) is 0 Å². The molecule has 2 N–H and O–H groups in total. The summed E-state index contributed by atoms with van der Waals surface area (Å²) in [7, 11) is 0. The summed E-state index contributed by atoms with van der Waals surface area (Å²) >= 11 is 7.47. The third-order valence-corrected chi connectivity index (χ3v) is 3.15. The summed E-state index contributed by atoms with van der Waals surface area (Å²) in [5.41, 5.74) is 5.76. The van der Waals surface area contributed by atoms with Crippen molar-refractivity contribution in [2.24, 2.45) is 16.6 Å². The van der Waals surface area contributed by atoms with Gasteiger partial charge in [-0.3, -0.25) is 4.99 Å². The molecule has 18 heavy (non-hydrogen) atoms. The number of hydrogen-bond acceptors (Lipinski definition) is 3. The Kier molecular flexibility index (Phi) is 6.98. The summed E-state index contributed by atoms with van der Waals surface area (Å²) < 4.78 is 5.55. The first-order chi connectivity index (χ1) is 8.59. The highest BCUT2D eigenvalue weighted by atomic mass is 35.5. The Morgan fingerprint density at radius 1 is 1.44 bits per heavy atom. The number of rotatable bonds is 6. The summed E-state index contributed by atoms with van der Waals surface area (Å²) in [6, 6.07) is 7.43. The van der Waals surface area contributed by atoms with E-state index in [1.807, 2.05) is 24.3 Å². The third kappa shape index (κ3) is 6.17. The number of halogens is 1. The molecule has 0 spiro atoms. The van der Waals surface area contributed by atoms with Gasteiger partial charge in [-0.05, 0) is 18.1 Å². The maximum absolute atomic E-state index is 5.97. The maximum Gasteiger partial charge on any atom is 0.154 e. The van der Waals surface area contributed by atoms with Crippen molar-refractivity contribution in [1.29, 1.82) is 0 Å². The molecule has 1 aromatic rings. The summed E-state index contributed by atoms with van der Waals surface area (Å²) in [5, 5.41) is 1.25. The minimum atomic E-state index is 0.531. The van der Waals surface area contributed by atoms with Crippen molar-refractivity contribution in [1.82, 2.24) is 0 Å². The van der Waals surface area contributed by atoms with Crippen LogP contribution in [0.5, 0.6) is 5.75 Å². The van der Waals surface area contributed by atoms with Crippen LogP contribution in [-0.4, -0.2) is 24.1 Å². The SMILES string of the molecule is CC(C)CN=C(N)SCCOc1ccccc1Cl. The predicted octanol–water partition coefficient (Wildman–Crippen LogP) is 3.42. The second kappa shape index (κ2) is 8.27. The van der Waals surface area contributed by atoms with E-state index in [1.54, 1.807) is 0 Å². The van der Waals surface area contributed by atoms with E-state index in [1.165, 1.54) is 11.8 Å². The number of hydrogen-bond donors (Lipinski definition) is 1. The number of ether oxygens (including phenoxy) is 1. The van der Waals surface area contributed by atoms with Crippen molar-refractivity contribution in [2.75, 3.05) is 18.9 Å². The maximum atomic E-state index is 5.97. The Morgan fingerprint density at radius 3 is 2.83 bits per heavy atom. The Balaban J connectivity index is 2.23. The van der Waals surface area contributed by atoms with Gasteiger partial charge in [0.05, 0.1) is 11.6 Å². The average molecular weight is 287 g/mol. The smallest absolute Gasteiger partial charge is 0.154 e. The molecule has 0 heterocycles. The minimum absolute atomic E-state index is 0.531. The summed E-state index contributed by atoms with van der Waals surface area (Å²) in [6.45, 7) is 5.56. The molecule has 0 saturated heterocycles. The number of aliphatic imine (C=N–C) groups is 1. The molecule has 1 aromatic carbocycles. The van der Waals surface area contributed by atoms with E-state index >= 15 is 0 Å². The Hall–Kier alpha value is -0.870. The lowest BCUT2D eigenvalue weighted by Crippen LogP contribution is -2.12. The Morgan fingerprint density at radius 2 is 2.17 bits per heavy atom. The lowest BCUT2D eigenvalue weighted by atomic mass is 10.2. The van der Waals surface area contributed by atoms with Crippen molar-refractivity contribution in [3.05, 3.63) is 29.3 Å². The van der Waals surface area contributed by atoms with Crippen molar-refractivity contribution in [2.45, 2.75) is 13.8 Å². The topological polar surface area (TPSA) is 47.6 Å². The van der Waals surface area contributed by atoms with Crippen molar-refractivity contribution < 1.29 is 4.74 Å². The molecule has 0 aliphatic rings. The fraction of sp³-hybridized carbons (Fsp3) is 0.462. The van der Waals surface area contributed by atoms with E-state index in [4.69, 9.17) is 22.1 Å². The zero-order valence-corrected chi connectivity index (χ0v) is 12.3. The largest absolute Gasteiger partial charge is 0.491 e. The van der Waals surface area contributed by atoms with Gasteiger partial charge in [0.15, 0.2) is 5.17 Å². The predicted molar refractivity (Wildman–Crippen MR) is 80.7 cm³/mol. The van der Waals surface area contributed by atoms with Gasteiger partial charge in [-0.2, -0.15) is 0 Å². The van der Waals surface area contributed by atoms with Gasteiger partial charge < -0.3 is 10.5 Å². The fourth-order valence-electron chi connectivity index (χ4n) is 1.18. The highest BCUT2D eigenvalue weighted by Crippen LogP contribution is 2.23. The quantitative estimate of drug-likeness (QED) is 0.495. The number of benzene rings is 1. The summed E-state index contributed by atoms with van der Waals surface area (Å²) in [4.78, 5) is 4.26. The van der Waals surface area contributed by atoms with E-state index in [2.05, 4.69) is 18.8 Å². The van der Waals surface area contributed by atoms with Crippen LogP contribution in [0.4, 0.5) is 0 Å². The summed E-state index contributed by atoms with van der Waals surface area (Å²) in [6.07, 6.45) is 0. The molecule has 100 valence electrons. The molecule has 0 aliphatic heterocycles. The van der Waals surface area contributed by atoms with E-state index in [0.29, 0.717) is 28.5 Å². The van der Waals surface area contributed by atoms with Gasteiger partial charge in [0.25, 0.3) is 0 Å². The lowest BCUT2D eigenvalue weighted by molar-refractivity contribution is 0.344. The number of para-hydroxylation sites is 1. The molecule has 0 radical (unpaired) electrons. The number of amidine groups is 1. The molecule has 1 rings (SSSR count). The van der Waals surface area contributed by atoms with E-state index in [0.717, 1.165) is 12.3 Å². The molecule has 5 heteroatoms. The van der Waals surface area contributed by atoms with Gasteiger partial charge >= 0.3 is 0 Å². The highest BCUT2D eigenvalue weighted by Gasteiger charge is 2.00. The molecule has 0 amide bonds. The normalized spacial score (nSPS) is 11.9. The van der Waals surface area contributed by atoms with Gasteiger partial charge in [0.2, 0.25) is 0 Å². The summed E-state index contributed by atoms with van der Waals surface area (Å²) in [5.74, 6) is 2.00. The van der Waals surface area contributed by atoms with Crippen LogP contribution in [0.3, 0.4) is 0 Å². The molecular weight excluding hydrogens is 268 g/mol. The Labute approximate surface area is 118 Å². The number of thioether (sulfide) groups is 1. The molecule has 0 aliphatic carbocycles. The first-order valence-corrected chi connectivity index (χ1v) is 7.26. The molecule has 0 saturated carbocycles. The van der Waals surface area contributed by atoms with Gasteiger partial charge in [0.1, 0.15) is 5.75 Å². The van der Waals surface area contributed by atoms with E-state index in [-0.39, 0.29) is 0 Å². The first kappa shape index (κ1) is 15.2. The van der Waals surface area contributed by atoms with Crippen LogP contribution >= 0.6 is 23.4 Å². The van der Waals surface area contributed by atoms with E-state index in [9.17, 15) is 0 Å². The second-order valence-corrected chi connectivity index (χ2v) is 5.72. The lowest BCUT2D eigenvalue weighted by Gasteiger charge is -2.07. The standard InChI is InChI=1S/C13H19ClN2OS/c1-10(2)9-16-13(15)18-8-7-17-12-6-4-3-5-11(12)14/h3-6,10H,7-9H2,1-2H3,(H2,15,16). The highest BCUT2D eigenvalue weighted by molar-refractivity contribution is 8.13. The fourth-order valence-corrected chi connectivity index (χ4v) is 1.91. The molecule has 0 fully saturated rings. The van der Waals surface area contributed by atoms with Crippen LogP contribution in [0.15, 0.2) is 29.3 Å². The zero-order chi connectivity index (χ0) is 13.4. The van der Waals surface area contributed by atoms with Crippen molar-refractivity contribution in [3.63, 3.8) is 0 Å².